The number of nitrogens with zero attached hydrogens (tertiary/aromatic N) is 4. The lowest BCUT2D eigenvalue weighted by atomic mass is 10.2. The Kier molecular flexibility index (Phi) is 4.06. The third-order valence-electron chi connectivity index (χ3n) is 2.66. The molecule has 9 nitrogen and oxygen atoms in total. The molecule has 1 aromatic heterocycles. The molecule has 2 aromatic rings. The third-order valence-corrected chi connectivity index (χ3v) is 3.54. The molecule has 1 heterocycles. The Hall–Kier alpha value is -2.59. The second kappa shape index (κ2) is 5.66. The van der Waals surface area contributed by atoms with Gasteiger partial charge in [0.05, 0.1) is 0 Å². The molecule has 2 rings (SSSR count). The summed E-state index contributed by atoms with van der Waals surface area (Å²) in [5.41, 5.74) is 5.93. The minimum Gasteiger partial charge on any atom is -0.492 e. The topological polar surface area (TPSA) is 151 Å². The Morgan fingerprint density at radius 3 is 2.45 bits per heavy atom. The lowest BCUT2D eigenvalue weighted by Crippen LogP contribution is -1.99. The van der Waals surface area contributed by atoms with Gasteiger partial charge < -0.3 is 10.8 Å². The van der Waals surface area contributed by atoms with Gasteiger partial charge in [-0.05, 0) is 31.5 Å². The number of aryl methyl sites for hydroxylation is 2. The number of nitrogen functional groups attached to an aromatic ring is 1. The van der Waals surface area contributed by atoms with Gasteiger partial charge in [0.1, 0.15) is 16.4 Å². The Balaban J connectivity index is 2.53. The van der Waals surface area contributed by atoms with E-state index in [0.29, 0.717) is 5.56 Å². The van der Waals surface area contributed by atoms with Crippen molar-refractivity contribution < 1.29 is 18.1 Å². The van der Waals surface area contributed by atoms with E-state index in [0.717, 1.165) is 0 Å². The van der Waals surface area contributed by atoms with Crippen LogP contribution in [0.1, 0.15) is 11.4 Å². The van der Waals surface area contributed by atoms with E-state index in [2.05, 4.69) is 20.2 Å². The van der Waals surface area contributed by atoms with Crippen molar-refractivity contribution in [2.24, 2.45) is 10.2 Å². The van der Waals surface area contributed by atoms with E-state index < -0.39 is 20.9 Å². The molecule has 0 atom stereocenters. The average molecular weight is 323 g/mol. The lowest BCUT2D eigenvalue weighted by Gasteiger charge is -2.04. The molecule has 1 aromatic carbocycles. The summed E-state index contributed by atoms with van der Waals surface area (Å²) in [4.78, 5) is 7.09. The predicted octanol–water partition coefficient (Wildman–Crippen LogP) is 2.04. The molecule has 0 radical (unpaired) electrons. The summed E-state index contributed by atoms with van der Waals surface area (Å²) in [5, 5.41) is 17.0. The van der Waals surface area contributed by atoms with Crippen LogP contribution in [0.2, 0.25) is 0 Å². The maximum atomic E-state index is 11.4. The van der Waals surface area contributed by atoms with Crippen molar-refractivity contribution in [1.82, 2.24) is 9.97 Å². The first-order valence-electron chi connectivity index (χ1n) is 6.01. The molecule has 0 fully saturated rings. The maximum absolute atomic E-state index is 11.4. The molecule has 0 spiro atoms. The SMILES string of the molecule is Cc1ccc(/N=N/c2c(N)nc(C)nc2O)c(S(=O)(=O)O)c1. The fourth-order valence-electron chi connectivity index (χ4n) is 1.68. The van der Waals surface area contributed by atoms with Crippen molar-refractivity contribution in [2.75, 3.05) is 5.73 Å². The maximum Gasteiger partial charge on any atom is 0.296 e. The van der Waals surface area contributed by atoms with Crippen molar-refractivity contribution in [2.45, 2.75) is 18.7 Å². The van der Waals surface area contributed by atoms with Crippen LogP contribution >= 0.6 is 0 Å². The second-order valence-electron chi connectivity index (χ2n) is 4.47. The zero-order chi connectivity index (χ0) is 16.5. The molecule has 22 heavy (non-hydrogen) atoms. The van der Waals surface area contributed by atoms with Gasteiger partial charge in [0, 0.05) is 0 Å². The highest BCUT2D eigenvalue weighted by atomic mass is 32.2. The summed E-state index contributed by atoms with van der Waals surface area (Å²) in [7, 11) is -4.47. The number of azo groups is 1. The van der Waals surface area contributed by atoms with Gasteiger partial charge in [0.15, 0.2) is 11.5 Å². The fraction of sp³-hybridized carbons (Fsp3) is 0.167. The predicted molar refractivity (Wildman–Crippen MR) is 78.0 cm³/mol. The molecule has 0 aliphatic heterocycles. The first-order chi connectivity index (χ1) is 10.2. The normalized spacial score (nSPS) is 12.0. The smallest absolute Gasteiger partial charge is 0.296 e. The number of anilines is 1. The minimum absolute atomic E-state index is 0.103. The van der Waals surface area contributed by atoms with Crippen LogP contribution in [0.25, 0.3) is 0 Å². The van der Waals surface area contributed by atoms with Crippen LogP contribution in [0, 0.1) is 13.8 Å². The van der Waals surface area contributed by atoms with Crippen LogP contribution in [0.4, 0.5) is 17.2 Å². The highest BCUT2D eigenvalue weighted by Gasteiger charge is 2.16. The molecule has 10 heteroatoms. The molecule has 0 saturated heterocycles. The second-order valence-corrected chi connectivity index (χ2v) is 5.86. The van der Waals surface area contributed by atoms with Crippen LogP contribution in [-0.4, -0.2) is 28.0 Å². The number of rotatable bonds is 3. The van der Waals surface area contributed by atoms with Gasteiger partial charge in [-0.3, -0.25) is 4.55 Å². The number of benzene rings is 1. The van der Waals surface area contributed by atoms with Crippen LogP contribution < -0.4 is 5.73 Å². The van der Waals surface area contributed by atoms with Gasteiger partial charge in [-0.1, -0.05) is 6.07 Å². The number of nitrogens with two attached hydrogens (primary N) is 1. The monoisotopic (exact) mass is 323 g/mol. The van der Waals surface area contributed by atoms with Crippen LogP contribution in [0.15, 0.2) is 33.3 Å². The van der Waals surface area contributed by atoms with Crippen molar-refractivity contribution in [3.05, 3.63) is 29.6 Å². The van der Waals surface area contributed by atoms with E-state index >= 15 is 0 Å². The van der Waals surface area contributed by atoms with Crippen LogP contribution in [0.3, 0.4) is 0 Å². The fourth-order valence-corrected chi connectivity index (χ4v) is 2.39. The van der Waals surface area contributed by atoms with E-state index in [-0.39, 0.29) is 23.0 Å². The van der Waals surface area contributed by atoms with Crippen LogP contribution in [-0.2, 0) is 10.1 Å². The molecule has 116 valence electrons. The first kappa shape index (κ1) is 15.8. The number of hydrogen-bond donors (Lipinski definition) is 3. The molecule has 0 aliphatic carbocycles. The Morgan fingerprint density at radius 1 is 1.18 bits per heavy atom. The van der Waals surface area contributed by atoms with Crippen molar-refractivity contribution in [3.8, 4) is 5.88 Å². The van der Waals surface area contributed by atoms with Crippen molar-refractivity contribution in [1.29, 1.82) is 0 Å². The third kappa shape index (κ3) is 3.35. The molecule has 0 aliphatic rings. The molecule has 0 saturated carbocycles. The summed E-state index contributed by atoms with van der Waals surface area (Å²) in [6.45, 7) is 3.20. The highest BCUT2D eigenvalue weighted by molar-refractivity contribution is 7.86. The number of hydrogen-bond acceptors (Lipinski definition) is 8. The molecule has 4 N–H and O–H groups in total. The lowest BCUT2D eigenvalue weighted by molar-refractivity contribution is 0.452. The highest BCUT2D eigenvalue weighted by Crippen LogP contribution is 2.33. The Labute approximate surface area is 126 Å². The average Bonchev–Trinajstić information content (AvgIpc) is 2.37. The van der Waals surface area contributed by atoms with E-state index in [1.54, 1.807) is 13.0 Å². The van der Waals surface area contributed by atoms with Gasteiger partial charge in [-0.15, -0.1) is 10.2 Å². The molecule has 0 amide bonds. The Bertz CT molecular complexity index is 841. The van der Waals surface area contributed by atoms with E-state index in [1.165, 1.54) is 19.1 Å². The van der Waals surface area contributed by atoms with Gasteiger partial charge in [0.2, 0.25) is 5.88 Å². The zero-order valence-electron chi connectivity index (χ0n) is 11.7. The molecule has 0 bridgehead atoms. The number of aromatic nitrogens is 2. The van der Waals surface area contributed by atoms with Crippen molar-refractivity contribution in [3.63, 3.8) is 0 Å². The summed E-state index contributed by atoms with van der Waals surface area (Å²) in [5.74, 6) is -0.327. The largest absolute Gasteiger partial charge is 0.492 e. The van der Waals surface area contributed by atoms with E-state index in [1.807, 2.05) is 0 Å². The Morgan fingerprint density at radius 2 is 1.86 bits per heavy atom. The summed E-state index contributed by atoms with van der Waals surface area (Å²) >= 11 is 0. The van der Waals surface area contributed by atoms with E-state index in [9.17, 15) is 18.1 Å². The molecular formula is C12H13N5O4S. The molecular weight excluding hydrogens is 310 g/mol. The summed E-state index contributed by atoms with van der Waals surface area (Å²) in [6, 6.07) is 4.21. The van der Waals surface area contributed by atoms with E-state index in [4.69, 9.17) is 5.73 Å². The standard InChI is InChI=1S/C12H13N5O4S/c1-6-3-4-8(9(5-6)22(19,20)21)16-17-10-11(13)14-7(2)15-12(10)18/h3-5H,1-2H3,(H,19,20,21)(H3,13,14,15,18)/b17-16+. The zero-order valence-corrected chi connectivity index (χ0v) is 12.5. The molecule has 0 unspecified atom stereocenters. The summed E-state index contributed by atoms with van der Waals surface area (Å²) < 4.78 is 31.9. The van der Waals surface area contributed by atoms with Gasteiger partial charge in [-0.2, -0.15) is 13.4 Å². The summed E-state index contributed by atoms with van der Waals surface area (Å²) in [6.07, 6.45) is 0. The van der Waals surface area contributed by atoms with Crippen LogP contribution in [0.5, 0.6) is 5.88 Å². The number of aromatic hydroxyl groups is 1. The first-order valence-corrected chi connectivity index (χ1v) is 7.45. The van der Waals surface area contributed by atoms with Gasteiger partial charge >= 0.3 is 0 Å². The van der Waals surface area contributed by atoms with Crippen molar-refractivity contribution >= 4 is 27.3 Å². The minimum atomic E-state index is -4.47. The quantitative estimate of drug-likeness (QED) is 0.577. The van der Waals surface area contributed by atoms with Gasteiger partial charge in [0.25, 0.3) is 10.1 Å². The van der Waals surface area contributed by atoms with Gasteiger partial charge in [-0.25, -0.2) is 4.98 Å².